The predicted molar refractivity (Wildman–Crippen MR) is 87.2 cm³/mol. The van der Waals surface area contributed by atoms with Crippen LogP contribution < -0.4 is 10.2 Å². The fraction of sp³-hybridized carbons (Fsp3) is 0.500. The van der Waals surface area contributed by atoms with Crippen LogP contribution in [0.15, 0.2) is 18.2 Å². The Kier molecular flexibility index (Phi) is 4.74. The topological polar surface area (TPSA) is 65.4 Å². The second-order valence-electron chi connectivity index (χ2n) is 5.72. The first-order valence-electron chi connectivity index (χ1n) is 7.57. The zero-order chi connectivity index (χ0) is 16.3. The van der Waals surface area contributed by atoms with Gasteiger partial charge in [-0.15, -0.1) is 0 Å². The number of morpholine rings is 1. The molecule has 1 N–H and O–H groups in total. The summed E-state index contributed by atoms with van der Waals surface area (Å²) in [7, 11) is 0. The molecular weight excluding hydrogens is 317 g/mol. The van der Waals surface area contributed by atoms with Gasteiger partial charge in [0.05, 0.1) is 25.0 Å². The number of rotatable bonds is 3. The number of anilines is 1. The summed E-state index contributed by atoms with van der Waals surface area (Å²) < 4.78 is 19.6. The second-order valence-corrected chi connectivity index (χ2v) is 6.82. The predicted octanol–water partition coefficient (Wildman–Crippen LogP) is 1.79. The van der Waals surface area contributed by atoms with Gasteiger partial charge < -0.3 is 15.0 Å². The van der Waals surface area contributed by atoms with Crippen LogP contribution in [-0.2, 0) is 4.74 Å². The molecule has 2 aliphatic rings. The molecule has 0 aliphatic carbocycles. The van der Waals surface area contributed by atoms with Gasteiger partial charge in [0.15, 0.2) is 0 Å². The number of nitrogens with one attached hydrogen (secondary N) is 1. The lowest BCUT2D eigenvalue weighted by molar-refractivity contribution is 0.0925. The SMILES string of the molecule is N#CC1(NC(=O)c2ccc(N3CCOCC3)c(F)c2)CCSC1. The van der Waals surface area contributed by atoms with Crippen molar-refractivity contribution in [1.29, 1.82) is 5.26 Å². The summed E-state index contributed by atoms with van der Waals surface area (Å²) in [6.45, 7) is 2.42. The van der Waals surface area contributed by atoms with Crippen molar-refractivity contribution in [2.75, 3.05) is 42.7 Å². The Bertz CT molecular complexity index is 635. The van der Waals surface area contributed by atoms with E-state index in [1.54, 1.807) is 23.9 Å². The van der Waals surface area contributed by atoms with Crippen LogP contribution >= 0.6 is 11.8 Å². The number of halogens is 1. The zero-order valence-electron chi connectivity index (χ0n) is 12.7. The highest BCUT2D eigenvalue weighted by atomic mass is 32.2. The number of hydrogen-bond donors (Lipinski definition) is 1. The molecule has 0 spiro atoms. The summed E-state index contributed by atoms with van der Waals surface area (Å²) >= 11 is 1.64. The van der Waals surface area contributed by atoms with Crippen LogP contribution in [0.3, 0.4) is 0 Å². The lowest BCUT2D eigenvalue weighted by atomic mass is 10.0. The summed E-state index contributed by atoms with van der Waals surface area (Å²) in [6, 6.07) is 6.66. The average Bonchev–Trinajstić information content (AvgIpc) is 3.04. The van der Waals surface area contributed by atoms with E-state index >= 15 is 0 Å². The zero-order valence-corrected chi connectivity index (χ0v) is 13.5. The molecule has 2 aliphatic heterocycles. The molecule has 122 valence electrons. The van der Waals surface area contributed by atoms with E-state index in [0.29, 0.717) is 44.2 Å². The molecule has 2 heterocycles. The van der Waals surface area contributed by atoms with E-state index in [1.165, 1.54) is 6.07 Å². The molecule has 1 aromatic rings. The van der Waals surface area contributed by atoms with Crippen LogP contribution in [0.25, 0.3) is 0 Å². The van der Waals surface area contributed by atoms with Gasteiger partial charge in [-0.2, -0.15) is 17.0 Å². The monoisotopic (exact) mass is 335 g/mol. The molecule has 0 radical (unpaired) electrons. The van der Waals surface area contributed by atoms with Gasteiger partial charge in [0, 0.05) is 24.4 Å². The Hall–Kier alpha value is -1.78. The fourth-order valence-corrected chi connectivity index (χ4v) is 4.04. The standard InChI is InChI=1S/C16H18FN3O2S/c17-13-9-12(1-2-14(13)20-4-6-22-7-5-20)15(21)19-16(10-18)3-8-23-11-16/h1-2,9H,3-8,11H2,(H,19,21). The molecule has 0 aromatic heterocycles. The number of nitriles is 1. The highest BCUT2D eigenvalue weighted by Gasteiger charge is 2.36. The van der Waals surface area contributed by atoms with Gasteiger partial charge in [-0.25, -0.2) is 4.39 Å². The Morgan fingerprint density at radius 2 is 2.22 bits per heavy atom. The number of nitrogens with zero attached hydrogens (tertiary/aromatic N) is 2. The van der Waals surface area contributed by atoms with Crippen LogP contribution in [0.1, 0.15) is 16.8 Å². The molecule has 0 bridgehead atoms. The van der Waals surface area contributed by atoms with Gasteiger partial charge in [-0.3, -0.25) is 4.79 Å². The number of thioether (sulfide) groups is 1. The normalized spacial score (nSPS) is 24.3. The first-order chi connectivity index (χ1) is 11.1. The minimum absolute atomic E-state index is 0.242. The minimum Gasteiger partial charge on any atom is -0.378 e. The minimum atomic E-state index is -0.832. The molecule has 1 unspecified atom stereocenters. The van der Waals surface area contributed by atoms with Crippen molar-refractivity contribution in [1.82, 2.24) is 5.32 Å². The summed E-state index contributed by atoms with van der Waals surface area (Å²) in [6.07, 6.45) is 0.619. The number of amides is 1. The molecule has 5 nitrogen and oxygen atoms in total. The molecule has 1 aromatic carbocycles. The molecule has 7 heteroatoms. The lowest BCUT2D eigenvalue weighted by Crippen LogP contribution is -2.47. The third-order valence-electron chi connectivity index (χ3n) is 4.15. The molecule has 2 saturated heterocycles. The number of carbonyl (C=O) groups excluding carboxylic acids is 1. The molecule has 23 heavy (non-hydrogen) atoms. The van der Waals surface area contributed by atoms with Crippen molar-refractivity contribution in [3.63, 3.8) is 0 Å². The first kappa shape index (κ1) is 16.1. The third-order valence-corrected chi connectivity index (χ3v) is 5.34. The third kappa shape index (κ3) is 3.43. The Morgan fingerprint density at radius 3 is 2.83 bits per heavy atom. The van der Waals surface area contributed by atoms with Crippen LogP contribution in [0, 0.1) is 17.1 Å². The summed E-state index contributed by atoms with van der Waals surface area (Å²) in [4.78, 5) is 14.2. The lowest BCUT2D eigenvalue weighted by Gasteiger charge is -2.29. The van der Waals surface area contributed by atoms with Gasteiger partial charge in [0.1, 0.15) is 11.4 Å². The smallest absolute Gasteiger partial charge is 0.252 e. The van der Waals surface area contributed by atoms with Crippen LogP contribution in [0.5, 0.6) is 0 Å². The van der Waals surface area contributed by atoms with Crippen molar-refractivity contribution in [3.05, 3.63) is 29.6 Å². The molecule has 2 fully saturated rings. The van der Waals surface area contributed by atoms with Crippen LogP contribution in [0.2, 0.25) is 0 Å². The Balaban J connectivity index is 1.74. The van der Waals surface area contributed by atoms with Crippen molar-refractivity contribution >= 4 is 23.4 Å². The van der Waals surface area contributed by atoms with Gasteiger partial charge in [0.2, 0.25) is 0 Å². The van der Waals surface area contributed by atoms with Crippen molar-refractivity contribution < 1.29 is 13.9 Å². The van der Waals surface area contributed by atoms with Crippen LogP contribution in [-0.4, -0.2) is 49.3 Å². The highest BCUT2D eigenvalue weighted by molar-refractivity contribution is 7.99. The Labute approximate surface area is 138 Å². The largest absolute Gasteiger partial charge is 0.378 e. The van der Waals surface area contributed by atoms with Crippen molar-refractivity contribution in [2.24, 2.45) is 0 Å². The van der Waals surface area contributed by atoms with E-state index in [-0.39, 0.29) is 5.56 Å². The summed E-state index contributed by atoms with van der Waals surface area (Å²) in [5.74, 6) is 0.592. The van der Waals surface area contributed by atoms with E-state index in [4.69, 9.17) is 4.74 Å². The van der Waals surface area contributed by atoms with E-state index in [9.17, 15) is 14.4 Å². The van der Waals surface area contributed by atoms with Gasteiger partial charge in [0.25, 0.3) is 5.91 Å². The van der Waals surface area contributed by atoms with Crippen LogP contribution in [0.4, 0.5) is 10.1 Å². The second kappa shape index (κ2) is 6.77. The average molecular weight is 335 g/mol. The Morgan fingerprint density at radius 1 is 1.43 bits per heavy atom. The molecule has 1 amide bonds. The van der Waals surface area contributed by atoms with Crippen molar-refractivity contribution in [2.45, 2.75) is 12.0 Å². The quantitative estimate of drug-likeness (QED) is 0.912. The van der Waals surface area contributed by atoms with E-state index in [1.807, 2.05) is 4.90 Å². The molecule has 0 saturated carbocycles. The number of hydrogen-bond acceptors (Lipinski definition) is 5. The number of ether oxygens (including phenoxy) is 1. The molecule has 3 rings (SSSR count). The van der Waals surface area contributed by atoms with Gasteiger partial charge in [-0.05, 0) is 30.4 Å². The first-order valence-corrected chi connectivity index (χ1v) is 8.73. The maximum atomic E-state index is 14.4. The van der Waals surface area contributed by atoms with Gasteiger partial charge >= 0.3 is 0 Å². The maximum Gasteiger partial charge on any atom is 0.252 e. The van der Waals surface area contributed by atoms with E-state index in [2.05, 4.69) is 11.4 Å². The van der Waals surface area contributed by atoms with E-state index in [0.717, 1.165) is 5.75 Å². The maximum absolute atomic E-state index is 14.4. The highest BCUT2D eigenvalue weighted by Crippen LogP contribution is 2.28. The molecular formula is C16H18FN3O2S. The summed E-state index contributed by atoms with van der Waals surface area (Å²) in [5, 5.41) is 12.1. The van der Waals surface area contributed by atoms with E-state index < -0.39 is 17.3 Å². The number of carbonyl (C=O) groups is 1. The van der Waals surface area contributed by atoms with Crippen molar-refractivity contribution in [3.8, 4) is 6.07 Å². The fourth-order valence-electron chi connectivity index (χ4n) is 2.78. The summed E-state index contributed by atoms with van der Waals surface area (Å²) in [5.41, 5.74) is -0.108. The number of benzene rings is 1. The molecule has 1 atom stereocenters. The van der Waals surface area contributed by atoms with Gasteiger partial charge in [-0.1, -0.05) is 0 Å².